The third-order valence-corrected chi connectivity index (χ3v) is 4.02. The molecule has 1 fully saturated rings. The van der Waals surface area contributed by atoms with E-state index in [1.165, 1.54) is 25.8 Å². The first kappa shape index (κ1) is 14.6. The van der Waals surface area contributed by atoms with Crippen molar-refractivity contribution in [1.82, 2.24) is 9.88 Å². The van der Waals surface area contributed by atoms with Crippen LogP contribution in [-0.4, -0.2) is 35.5 Å². The van der Waals surface area contributed by atoms with Crippen LogP contribution >= 0.6 is 11.6 Å². The monoisotopic (exact) mass is 282 g/mol. The summed E-state index contributed by atoms with van der Waals surface area (Å²) in [5.41, 5.74) is 2.13. The molecule has 0 aliphatic carbocycles. The summed E-state index contributed by atoms with van der Waals surface area (Å²) in [5, 5.41) is 0. The summed E-state index contributed by atoms with van der Waals surface area (Å²) in [7, 11) is 1.71. The van der Waals surface area contributed by atoms with Crippen LogP contribution in [0, 0.1) is 6.92 Å². The first-order valence-electron chi connectivity index (χ1n) is 7.04. The van der Waals surface area contributed by atoms with Crippen LogP contribution < -0.4 is 4.74 Å². The van der Waals surface area contributed by atoms with Crippen LogP contribution in [0.4, 0.5) is 0 Å². The number of rotatable bonds is 6. The molecular weight excluding hydrogens is 260 g/mol. The van der Waals surface area contributed by atoms with Gasteiger partial charge in [0, 0.05) is 36.3 Å². The lowest BCUT2D eigenvalue weighted by Crippen LogP contribution is -2.29. The Labute approximate surface area is 120 Å². The zero-order valence-corrected chi connectivity index (χ0v) is 12.6. The van der Waals surface area contributed by atoms with Crippen molar-refractivity contribution < 1.29 is 4.74 Å². The number of ether oxygens (including phenoxy) is 1. The largest absolute Gasteiger partial charge is 0.497 e. The number of hydrogen-bond donors (Lipinski definition) is 0. The number of aromatic nitrogens is 1. The summed E-state index contributed by atoms with van der Waals surface area (Å²) in [4.78, 5) is 7.15. The van der Waals surface area contributed by atoms with Gasteiger partial charge in [0.15, 0.2) is 0 Å². The van der Waals surface area contributed by atoms with Crippen LogP contribution in [0.5, 0.6) is 5.75 Å². The molecule has 1 aliphatic rings. The van der Waals surface area contributed by atoms with Crippen molar-refractivity contribution >= 4 is 11.6 Å². The lowest BCUT2D eigenvalue weighted by Gasteiger charge is -2.24. The third kappa shape index (κ3) is 4.08. The Hall–Kier alpha value is -0.800. The van der Waals surface area contributed by atoms with E-state index in [2.05, 4.69) is 9.88 Å². The highest BCUT2D eigenvalue weighted by Gasteiger charge is 2.24. The molecule has 1 unspecified atom stereocenters. The van der Waals surface area contributed by atoms with E-state index in [9.17, 15) is 0 Å². The van der Waals surface area contributed by atoms with Crippen LogP contribution in [0.1, 0.15) is 37.1 Å². The number of nitrogens with zero attached hydrogens (tertiary/aromatic N) is 2. The summed E-state index contributed by atoms with van der Waals surface area (Å²) in [5.74, 6) is 1.67. The van der Waals surface area contributed by atoms with Crippen LogP contribution in [-0.2, 0) is 6.54 Å². The van der Waals surface area contributed by atoms with Crippen molar-refractivity contribution in [3.05, 3.63) is 23.5 Å². The molecule has 106 valence electrons. The molecule has 1 aromatic heterocycles. The van der Waals surface area contributed by atoms with Crippen molar-refractivity contribution in [3.8, 4) is 5.75 Å². The van der Waals surface area contributed by atoms with Crippen molar-refractivity contribution in [2.24, 2.45) is 0 Å². The lowest BCUT2D eigenvalue weighted by molar-refractivity contribution is 0.230. The first-order chi connectivity index (χ1) is 9.22. The quantitative estimate of drug-likeness (QED) is 0.748. The number of hydrogen-bond acceptors (Lipinski definition) is 3. The van der Waals surface area contributed by atoms with Gasteiger partial charge in [-0.3, -0.25) is 9.88 Å². The molecule has 19 heavy (non-hydrogen) atoms. The molecule has 0 spiro atoms. The molecule has 2 heterocycles. The average molecular weight is 283 g/mol. The SMILES string of the molecule is COc1cc(C)nc(CN2CCCC2CCCCl)c1. The fourth-order valence-corrected chi connectivity index (χ4v) is 3.01. The third-order valence-electron chi connectivity index (χ3n) is 3.75. The second-order valence-corrected chi connectivity index (χ2v) is 5.62. The number of likely N-dealkylation sites (tertiary alicyclic amines) is 1. The van der Waals surface area contributed by atoms with Crippen LogP contribution in [0.15, 0.2) is 12.1 Å². The molecule has 0 amide bonds. The standard InChI is InChI=1S/C15H23ClN2O/c1-12-9-15(19-2)10-13(17-12)11-18-8-4-6-14(18)5-3-7-16/h9-10,14H,3-8,11H2,1-2H3. The maximum atomic E-state index is 5.80. The number of methoxy groups -OCH3 is 1. The number of halogens is 1. The predicted octanol–water partition coefficient (Wildman–Crippen LogP) is 3.38. The Bertz CT molecular complexity index is 411. The van der Waals surface area contributed by atoms with Gasteiger partial charge in [0.1, 0.15) is 5.75 Å². The van der Waals surface area contributed by atoms with E-state index in [0.29, 0.717) is 6.04 Å². The van der Waals surface area contributed by atoms with Gasteiger partial charge < -0.3 is 4.74 Å². The zero-order chi connectivity index (χ0) is 13.7. The Kier molecular flexibility index (Phi) is 5.46. The van der Waals surface area contributed by atoms with E-state index in [4.69, 9.17) is 16.3 Å². The predicted molar refractivity (Wildman–Crippen MR) is 78.9 cm³/mol. The van der Waals surface area contributed by atoms with Crippen LogP contribution in [0.25, 0.3) is 0 Å². The van der Waals surface area contributed by atoms with E-state index >= 15 is 0 Å². The molecule has 0 bridgehead atoms. The molecule has 1 saturated heterocycles. The van der Waals surface area contributed by atoms with E-state index in [1.807, 2.05) is 19.1 Å². The maximum absolute atomic E-state index is 5.80. The number of aryl methyl sites for hydroxylation is 1. The van der Waals surface area contributed by atoms with Crippen molar-refractivity contribution in [1.29, 1.82) is 0 Å². The Morgan fingerprint density at radius 2 is 2.32 bits per heavy atom. The summed E-state index contributed by atoms with van der Waals surface area (Å²) in [6, 6.07) is 4.69. The van der Waals surface area contributed by atoms with Gasteiger partial charge in [-0.1, -0.05) is 0 Å². The minimum Gasteiger partial charge on any atom is -0.497 e. The molecule has 1 aromatic rings. The normalized spacial score (nSPS) is 19.8. The molecule has 0 radical (unpaired) electrons. The number of pyridine rings is 1. The van der Waals surface area contributed by atoms with E-state index in [0.717, 1.165) is 36.0 Å². The van der Waals surface area contributed by atoms with E-state index in [-0.39, 0.29) is 0 Å². The maximum Gasteiger partial charge on any atom is 0.122 e. The van der Waals surface area contributed by atoms with Crippen LogP contribution in [0.3, 0.4) is 0 Å². The fourth-order valence-electron chi connectivity index (χ4n) is 2.85. The summed E-state index contributed by atoms with van der Waals surface area (Å²) in [6.07, 6.45) is 4.88. The zero-order valence-electron chi connectivity index (χ0n) is 11.9. The smallest absolute Gasteiger partial charge is 0.122 e. The van der Waals surface area contributed by atoms with Gasteiger partial charge in [0.25, 0.3) is 0 Å². The Balaban J connectivity index is 2.01. The van der Waals surface area contributed by atoms with Gasteiger partial charge >= 0.3 is 0 Å². The molecular formula is C15H23ClN2O. The van der Waals surface area contributed by atoms with E-state index < -0.39 is 0 Å². The molecule has 2 rings (SSSR count). The summed E-state index contributed by atoms with van der Waals surface area (Å²) in [6.45, 7) is 4.11. The summed E-state index contributed by atoms with van der Waals surface area (Å²) < 4.78 is 5.32. The lowest BCUT2D eigenvalue weighted by atomic mass is 10.1. The highest BCUT2D eigenvalue weighted by atomic mass is 35.5. The van der Waals surface area contributed by atoms with Gasteiger partial charge in [0.05, 0.1) is 12.8 Å². The highest BCUT2D eigenvalue weighted by molar-refractivity contribution is 6.17. The molecule has 0 aromatic carbocycles. The second kappa shape index (κ2) is 7.11. The minimum atomic E-state index is 0.673. The van der Waals surface area contributed by atoms with E-state index in [1.54, 1.807) is 7.11 Å². The number of alkyl halides is 1. The van der Waals surface area contributed by atoms with Gasteiger partial charge in [0.2, 0.25) is 0 Å². The molecule has 3 nitrogen and oxygen atoms in total. The summed E-state index contributed by atoms with van der Waals surface area (Å²) >= 11 is 5.80. The average Bonchev–Trinajstić information content (AvgIpc) is 2.83. The molecule has 0 N–H and O–H groups in total. The minimum absolute atomic E-state index is 0.673. The Morgan fingerprint density at radius 1 is 1.47 bits per heavy atom. The van der Waals surface area contributed by atoms with Gasteiger partial charge in [-0.05, 0) is 39.2 Å². The van der Waals surface area contributed by atoms with Crippen molar-refractivity contribution in [2.45, 2.75) is 45.2 Å². The van der Waals surface area contributed by atoms with Gasteiger partial charge in [-0.15, -0.1) is 11.6 Å². The fraction of sp³-hybridized carbons (Fsp3) is 0.667. The first-order valence-corrected chi connectivity index (χ1v) is 7.58. The Morgan fingerprint density at radius 3 is 3.05 bits per heavy atom. The van der Waals surface area contributed by atoms with Crippen molar-refractivity contribution in [3.63, 3.8) is 0 Å². The topological polar surface area (TPSA) is 25.4 Å². The van der Waals surface area contributed by atoms with Gasteiger partial charge in [-0.25, -0.2) is 0 Å². The van der Waals surface area contributed by atoms with Crippen LogP contribution in [0.2, 0.25) is 0 Å². The molecule has 4 heteroatoms. The molecule has 1 atom stereocenters. The molecule has 1 aliphatic heterocycles. The van der Waals surface area contributed by atoms with Gasteiger partial charge in [-0.2, -0.15) is 0 Å². The second-order valence-electron chi connectivity index (χ2n) is 5.24. The van der Waals surface area contributed by atoms with Crippen molar-refractivity contribution in [2.75, 3.05) is 19.5 Å². The highest BCUT2D eigenvalue weighted by Crippen LogP contribution is 2.24. The molecule has 0 saturated carbocycles.